The van der Waals surface area contributed by atoms with Gasteiger partial charge in [-0.05, 0) is 6.42 Å². The van der Waals surface area contributed by atoms with Crippen molar-refractivity contribution in [3.63, 3.8) is 0 Å². The van der Waals surface area contributed by atoms with Gasteiger partial charge in [-0.1, -0.05) is 0 Å². The number of carbonyl (C=O) groups excluding carboxylic acids is 3. The Morgan fingerprint density at radius 3 is 1.59 bits per heavy atom. The number of hydrogen-bond acceptors (Lipinski definition) is 9. The van der Waals surface area contributed by atoms with Crippen molar-refractivity contribution in [1.29, 1.82) is 0 Å². The molecule has 0 aromatic carbocycles. The minimum atomic E-state index is -1.79. The van der Waals surface area contributed by atoms with Crippen LogP contribution in [0, 0.1) is 0 Å². The molecule has 0 aromatic rings. The third kappa shape index (κ3) is 11.1. The third-order valence-corrected chi connectivity index (χ3v) is 4.19. The fourth-order valence-corrected chi connectivity index (χ4v) is 2.46. The summed E-state index contributed by atoms with van der Waals surface area (Å²) in [6.45, 7) is 0. The maximum atomic E-state index is 12.5. The summed E-state index contributed by atoms with van der Waals surface area (Å²) in [4.78, 5) is 80.4. The number of rotatable bonds is 15. The van der Waals surface area contributed by atoms with E-state index in [4.69, 9.17) is 26.2 Å². The molecule has 180 valence electrons. The smallest absolute Gasteiger partial charge is 0.327 e. The quantitative estimate of drug-likeness (QED) is 0.104. The van der Waals surface area contributed by atoms with Gasteiger partial charge in [-0.15, -0.1) is 0 Å². The molecule has 0 saturated carbocycles. The summed E-state index contributed by atoms with van der Waals surface area (Å²) >= 11 is 3.76. The van der Waals surface area contributed by atoms with E-state index in [2.05, 4.69) is 17.9 Å². The van der Waals surface area contributed by atoms with Crippen molar-refractivity contribution in [2.24, 2.45) is 5.73 Å². The van der Waals surface area contributed by atoms with Gasteiger partial charge in [0.05, 0.1) is 18.9 Å². The zero-order chi connectivity index (χ0) is 25.0. The molecule has 0 aliphatic carbocycles. The first-order chi connectivity index (χ1) is 14.8. The monoisotopic (exact) mass is 480 g/mol. The van der Waals surface area contributed by atoms with Crippen LogP contribution in [0.15, 0.2) is 0 Å². The number of amides is 3. The van der Waals surface area contributed by atoms with Crippen molar-refractivity contribution in [2.75, 3.05) is 5.75 Å². The zero-order valence-corrected chi connectivity index (χ0v) is 17.4. The van der Waals surface area contributed by atoms with Gasteiger partial charge in [0.1, 0.15) is 18.1 Å². The molecule has 32 heavy (non-hydrogen) atoms. The molecule has 0 spiro atoms. The molecule has 0 fully saturated rings. The Labute approximate surface area is 186 Å². The normalized spacial score (nSPS) is 14.2. The molecule has 16 heteroatoms. The molecular formula is C16H24N4O11S. The number of carboxylic acids is 4. The van der Waals surface area contributed by atoms with Crippen LogP contribution >= 0.6 is 12.6 Å². The van der Waals surface area contributed by atoms with E-state index in [1.165, 1.54) is 0 Å². The second-order valence-electron chi connectivity index (χ2n) is 6.44. The van der Waals surface area contributed by atoms with E-state index in [1.807, 2.05) is 10.6 Å². The summed E-state index contributed by atoms with van der Waals surface area (Å²) in [5.74, 6) is -9.51. The SMILES string of the molecule is NC(CC(=O)O)C(=O)NC(CC(=O)O)C(=O)NC(CCC(=O)O)C(=O)NC(CS)C(=O)O. The Hall–Kier alpha value is -3.40. The maximum Gasteiger partial charge on any atom is 0.327 e. The average molecular weight is 480 g/mol. The second kappa shape index (κ2) is 13.8. The van der Waals surface area contributed by atoms with Crippen molar-refractivity contribution in [3.8, 4) is 0 Å². The molecule has 9 N–H and O–H groups in total. The zero-order valence-electron chi connectivity index (χ0n) is 16.5. The molecule has 4 unspecified atom stereocenters. The van der Waals surface area contributed by atoms with E-state index in [0.29, 0.717) is 0 Å². The minimum Gasteiger partial charge on any atom is -0.481 e. The highest BCUT2D eigenvalue weighted by Crippen LogP contribution is 2.03. The standard InChI is InChI=1S/C16H24N4O11S/c17-6(3-11(23)24)13(27)19-8(4-12(25)26)15(29)18-7(1-2-10(21)22)14(28)20-9(5-32)16(30)31/h6-9,32H,1-5,17H2,(H,18,29)(H,19,27)(H,20,28)(H,21,22)(H,23,24)(H,25,26)(H,30,31). The average Bonchev–Trinajstić information content (AvgIpc) is 2.66. The van der Waals surface area contributed by atoms with Crippen molar-refractivity contribution in [1.82, 2.24) is 16.0 Å². The van der Waals surface area contributed by atoms with E-state index in [1.54, 1.807) is 0 Å². The largest absolute Gasteiger partial charge is 0.481 e. The summed E-state index contributed by atoms with van der Waals surface area (Å²) in [5, 5.41) is 41.5. The van der Waals surface area contributed by atoms with Crippen LogP contribution in [0.2, 0.25) is 0 Å². The Bertz CT molecular complexity index is 760. The highest BCUT2D eigenvalue weighted by atomic mass is 32.1. The van der Waals surface area contributed by atoms with Gasteiger partial charge < -0.3 is 42.1 Å². The fourth-order valence-electron chi connectivity index (χ4n) is 2.21. The Morgan fingerprint density at radius 2 is 1.16 bits per heavy atom. The number of hydrogen-bond donors (Lipinski definition) is 9. The molecule has 3 amide bonds. The van der Waals surface area contributed by atoms with Gasteiger partial charge in [0.25, 0.3) is 0 Å². The van der Waals surface area contributed by atoms with Crippen LogP contribution in [0.4, 0.5) is 0 Å². The highest BCUT2D eigenvalue weighted by Gasteiger charge is 2.31. The number of carbonyl (C=O) groups is 7. The molecule has 0 aliphatic rings. The molecule has 15 nitrogen and oxygen atoms in total. The van der Waals surface area contributed by atoms with Crippen LogP contribution in [0.3, 0.4) is 0 Å². The van der Waals surface area contributed by atoms with Crippen LogP contribution in [-0.4, -0.2) is 91.9 Å². The number of nitrogens with two attached hydrogens (primary N) is 1. The van der Waals surface area contributed by atoms with Crippen molar-refractivity contribution in [3.05, 3.63) is 0 Å². The van der Waals surface area contributed by atoms with Crippen molar-refractivity contribution < 1.29 is 54.0 Å². The molecule has 0 aliphatic heterocycles. The predicted octanol–water partition coefficient (Wildman–Crippen LogP) is -3.40. The van der Waals surface area contributed by atoms with Gasteiger partial charge >= 0.3 is 23.9 Å². The second-order valence-corrected chi connectivity index (χ2v) is 6.80. The first-order valence-corrected chi connectivity index (χ1v) is 9.57. The number of carboxylic acid groups (broad SMARTS) is 4. The van der Waals surface area contributed by atoms with E-state index >= 15 is 0 Å². The molecule has 0 aromatic heterocycles. The van der Waals surface area contributed by atoms with Gasteiger partial charge in [0.2, 0.25) is 17.7 Å². The summed E-state index contributed by atoms with van der Waals surface area (Å²) in [6.07, 6.45) is -2.88. The van der Waals surface area contributed by atoms with Crippen LogP contribution in [0.25, 0.3) is 0 Å². The molecule has 0 saturated heterocycles. The summed E-state index contributed by atoms with van der Waals surface area (Å²) < 4.78 is 0. The summed E-state index contributed by atoms with van der Waals surface area (Å²) in [6, 6.07) is -6.45. The van der Waals surface area contributed by atoms with E-state index < -0.39 is 91.4 Å². The van der Waals surface area contributed by atoms with E-state index in [9.17, 15) is 33.6 Å². The van der Waals surface area contributed by atoms with Gasteiger partial charge in [-0.2, -0.15) is 12.6 Å². The lowest BCUT2D eigenvalue weighted by Crippen LogP contribution is -2.57. The van der Waals surface area contributed by atoms with Gasteiger partial charge in [-0.25, -0.2) is 4.79 Å². The minimum absolute atomic E-state index is 0.320. The topological polar surface area (TPSA) is 263 Å². The predicted molar refractivity (Wildman–Crippen MR) is 107 cm³/mol. The third-order valence-electron chi connectivity index (χ3n) is 3.82. The van der Waals surface area contributed by atoms with Crippen LogP contribution in [0.5, 0.6) is 0 Å². The lowest BCUT2D eigenvalue weighted by molar-refractivity contribution is -0.143. The Balaban J connectivity index is 5.51. The first kappa shape index (κ1) is 28.6. The Morgan fingerprint density at radius 1 is 0.688 bits per heavy atom. The van der Waals surface area contributed by atoms with Gasteiger partial charge in [-0.3, -0.25) is 28.8 Å². The summed E-state index contributed by atoms with van der Waals surface area (Å²) in [7, 11) is 0. The fraction of sp³-hybridized carbons (Fsp3) is 0.562. The van der Waals surface area contributed by atoms with Crippen LogP contribution in [0.1, 0.15) is 25.7 Å². The van der Waals surface area contributed by atoms with Gasteiger partial charge in [0, 0.05) is 12.2 Å². The van der Waals surface area contributed by atoms with E-state index in [0.717, 1.165) is 0 Å². The lowest BCUT2D eigenvalue weighted by atomic mass is 10.1. The van der Waals surface area contributed by atoms with Crippen molar-refractivity contribution >= 4 is 54.2 Å². The molecule has 0 heterocycles. The molecule has 0 rings (SSSR count). The van der Waals surface area contributed by atoms with Gasteiger partial charge in [0.15, 0.2) is 0 Å². The first-order valence-electron chi connectivity index (χ1n) is 8.94. The number of aliphatic carboxylic acids is 4. The van der Waals surface area contributed by atoms with E-state index in [-0.39, 0.29) is 5.75 Å². The van der Waals surface area contributed by atoms with Crippen LogP contribution < -0.4 is 21.7 Å². The molecule has 0 radical (unpaired) electrons. The summed E-state index contributed by atoms with van der Waals surface area (Å²) in [5.41, 5.74) is 5.36. The van der Waals surface area contributed by atoms with Crippen molar-refractivity contribution in [2.45, 2.75) is 49.9 Å². The highest BCUT2D eigenvalue weighted by molar-refractivity contribution is 7.80. The molecule has 4 atom stereocenters. The van der Waals surface area contributed by atoms with Crippen LogP contribution in [-0.2, 0) is 33.6 Å². The maximum absolute atomic E-state index is 12.5. The molecular weight excluding hydrogens is 456 g/mol. The number of nitrogens with one attached hydrogen (secondary N) is 3. The Kier molecular flexibility index (Phi) is 12.3. The number of thiol groups is 1. The molecule has 0 bridgehead atoms. The lowest BCUT2D eigenvalue weighted by Gasteiger charge is -2.24.